The van der Waals surface area contributed by atoms with E-state index in [-0.39, 0.29) is 17.0 Å². The van der Waals surface area contributed by atoms with Crippen molar-refractivity contribution in [3.8, 4) is 0 Å². The molecule has 0 unspecified atom stereocenters. The minimum Gasteiger partial charge on any atom is -0.454 e. The molecule has 0 bridgehead atoms. The van der Waals surface area contributed by atoms with Gasteiger partial charge in [-0.25, -0.2) is 13.6 Å². The highest BCUT2D eigenvalue weighted by molar-refractivity contribution is 7.17. The van der Waals surface area contributed by atoms with Gasteiger partial charge in [0.2, 0.25) is 5.91 Å². The number of ether oxygens (including phenoxy) is 1. The van der Waals surface area contributed by atoms with E-state index in [9.17, 15) is 23.2 Å². The number of rotatable bonds is 5. The number of fused-ring (bicyclic) bond motifs is 1. The molecule has 1 aromatic heterocycles. The summed E-state index contributed by atoms with van der Waals surface area (Å²) in [6.45, 7) is 0.745. The van der Waals surface area contributed by atoms with Crippen LogP contribution in [0.15, 0.2) is 18.2 Å². The molecule has 1 aliphatic rings. The van der Waals surface area contributed by atoms with Crippen LogP contribution >= 0.6 is 11.3 Å². The monoisotopic (exact) mass is 393 g/mol. The number of thiophene rings is 1. The molecule has 142 valence electrons. The Morgan fingerprint density at radius 1 is 1.15 bits per heavy atom. The highest BCUT2D eigenvalue weighted by atomic mass is 32.1. The second kappa shape index (κ2) is 7.96. The lowest BCUT2D eigenvalue weighted by atomic mass is 9.95. The van der Waals surface area contributed by atoms with Crippen molar-refractivity contribution in [1.29, 1.82) is 0 Å². The number of hydrogen-bond donors (Lipinski definition) is 1. The molecule has 0 fully saturated rings. The first-order valence-corrected chi connectivity index (χ1v) is 9.26. The van der Waals surface area contributed by atoms with E-state index >= 15 is 0 Å². The highest BCUT2D eigenvalue weighted by Gasteiger charge is 2.27. The molecule has 0 spiro atoms. The lowest BCUT2D eigenvalue weighted by Gasteiger charge is -2.12. The van der Waals surface area contributed by atoms with Gasteiger partial charge in [-0.1, -0.05) is 0 Å². The Morgan fingerprint density at radius 2 is 1.89 bits per heavy atom. The van der Waals surface area contributed by atoms with Crippen LogP contribution in [-0.2, 0) is 22.4 Å². The molecule has 8 heteroatoms. The molecular formula is C19H17F2NO4S. The molecule has 0 aliphatic heterocycles. The van der Waals surface area contributed by atoms with Crippen molar-refractivity contribution in [2.24, 2.45) is 0 Å². The van der Waals surface area contributed by atoms with Gasteiger partial charge in [-0.3, -0.25) is 9.59 Å². The number of benzene rings is 1. The normalized spacial score (nSPS) is 13.0. The third-order valence-corrected chi connectivity index (χ3v) is 5.45. The summed E-state index contributed by atoms with van der Waals surface area (Å²) in [5, 5.41) is 3.06. The Hall–Kier alpha value is -2.61. The molecule has 1 aliphatic carbocycles. The number of hydrogen-bond acceptors (Lipinski definition) is 5. The van der Waals surface area contributed by atoms with Crippen molar-refractivity contribution in [3.05, 3.63) is 51.4 Å². The smallest absolute Gasteiger partial charge is 0.341 e. The van der Waals surface area contributed by atoms with Gasteiger partial charge in [-0.2, -0.15) is 0 Å². The number of nitrogens with one attached hydrogen (secondary N) is 1. The number of halogens is 2. The third kappa shape index (κ3) is 4.21. The van der Waals surface area contributed by atoms with Crippen molar-refractivity contribution < 1.29 is 27.9 Å². The fourth-order valence-corrected chi connectivity index (χ4v) is 4.31. The van der Waals surface area contributed by atoms with Gasteiger partial charge in [-0.05, 0) is 49.4 Å². The van der Waals surface area contributed by atoms with E-state index in [1.807, 2.05) is 0 Å². The van der Waals surface area contributed by atoms with Crippen molar-refractivity contribution in [3.63, 3.8) is 0 Å². The summed E-state index contributed by atoms with van der Waals surface area (Å²) < 4.78 is 31.3. The van der Waals surface area contributed by atoms with Gasteiger partial charge in [0.25, 0.3) is 0 Å². The molecular weight excluding hydrogens is 376 g/mol. The van der Waals surface area contributed by atoms with Crippen LogP contribution in [0.5, 0.6) is 0 Å². The van der Waals surface area contributed by atoms with E-state index in [0.29, 0.717) is 11.4 Å². The van der Waals surface area contributed by atoms with Crippen LogP contribution in [0.3, 0.4) is 0 Å². The van der Waals surface area contributed by atoms with Crippen LogP contribution in [-0.4, -0.2) is 24.3 Å². The van der Waals surface area contributed by atoms with Crippen LogP contribution < -0.4 is 5.32 Å². The summed E-state index contributed by atoms with van der Waals surface area (Å²) >= 11 is 1.34. The van der Waals surface area contributed by atoms with E-state index < -0.39 is 30.0 Å². The molecule has 0 saturated carbocycles. The number of Topliss-reactive ketones (excluding diaryl/α,β-unsaturated/α-hetero) is 1. The molecule has 1 N–H and O–H groups in total. The number of anilines is 1. The van der Waals surface area contributed by atoms with Gasteiger partial charge in [0.1, 0.15) is 5.00 Å². The van der Waals surface area contributed by atoms with Crippen molar-refractivity contribution in [2.45, 2.75) is 32.6 Å². The summed E-state index contributed by atoms with van der Waals surface area (Å²) in [6.07, 6.45) is 3.47. The molecule has 2 aromatic rings. The van der Waals surface area contributed by atoms with E-state index in [4.69, 9.17) is 4.74 Å². The number of carbonyl (C=O) groups is 3. The summed E-state index contributed by atoms with van der Waals surface area (Å²) in [4.78, 5) is 37.1. The Morgan fingerprint density at radius 3 is 2.59 bits per heavy atom. The Labute approximate surface area is 158 Å². The van der Waals surface area contributed by atoms with Gasteiger partial charge in [0.15, 0.2) is 24.0 Å². The molecule has 1 aromatic carbocycles. The summed E-state index contributed by atoms with van der Waals surface area (Å²) in [7, 11) is 0. The standard InChI is InChI=1S/C19H17F2NO4S/c1-10(23)22-18-17(12-4-2-3-5-16(12)27-18)19(25)26-9-15(24)11-6-7-13(20)14(21)8-11/h6-8H,2-5,9H2,1H3,(H,22,23). The number of amides is 1. The summed E-state index contributed by atoms with van der Waals surface area (Å²) in [5.41, 5.74) is 1.04. The Kier molecular flexibility index (Phi) is 5.65. The van der Waals surface area contributed by atoms with Crippen LogP contribution in [0.25, 0.3) is 0 Å². The maximum atomic E-state index is 13.3. The fraction of sp³-hybridized carbons (Fsp3) is 0.316. The first-order chi connectivity index (χ1) is 12.9. The molecule has 5 nitrogen and oxygen atoms in total. The molecule has 0 saturated heterocycles. The van der Waals surface area contributed by atoms with Crippen LogP contribution in [0, 0.1) is 11.6 Å². The summed E-state index contributed by atoms with van der Waals surface area (Å²) in [6, 6.07) is 2.74. The number of carbonyl (C=O) groups excluding carboxylic acids is 3. The molecule has 1 amide bonds. The third-order valence-electron chi connectivity index (χ3n) is 4.24. The maximum Gasteiger partial charge on any atom is 0.341 e. The van der Waals surface area contributed by atoms with E-state index in [2.05, 4.69) is 5.32 Å². The highest BCUT2D eigenvalue weighted by Crippen LogP contribution is 2.38. The predicted octanol–water partition coefficient (Wildman–Crippen LogP) is 3.90. The zero-order chi connectivity index (χ0) is 19.6. The Bertz CT molecular complexity index is 923. The summed E-state index contributed by atoms with van der Waals surface area (Å²) in [5.74, 6) is -3.87. The minimum atomic E-state index is -1.15. The number of aryl methyl sites for hydroxylation is 1. The van der Waals surface area contributed by atoms with Gasteiger partial charge in [-0.15, -0.1) is 11.3 Å². The van der Waals surface area contributed by atoms with E-state index in [0.717, 1.165) is 47.9 Å². The number of esters is 1. The first kappa shape index (κ1) is 19.2. The average Bonchev–Trinajstić information content (AvgIpc) is 2.98. The van der Waals surface area contributed by atoms with Gasteiger partial charge in [0.05, 0.1) is 5.56 Å². The quantitative estimate of drug-likeness (QED) is 0.618. The fourth-order valence-electron chi connectivity index (χ4n) is 2.99. The van der Waals surface area contributed by atoms with Gasteiger partial charge < -0.3 is 10.1 Å². The zero-order valence-electron chi connectivity index (χ0n) is 14.6. The lowest BCUT2D eigenvalue weighted by molar-refractivity contribution is -0.114. The van der Waals surface area contributed by atoms with E-state index in [1.165, 1.54) is 18.3 Å². The maximum absolute atomic E-state index is 13.3. The second-order valence-corrected chi connectivity index (χ2v) is 7.33. The molecule has 1 heterocycles. The average molecular weight is 393 g/mol. The van der Waals surface area contributed by atoms with E-state index in [1.54, 1.807) is 0 Å². The second-order valence-electron chi connectivity index (χ2n) is 6.22. The van der Waals surface area contributed by atoms with Crippen LogP contribution in [0.4, 0.5) is 13.8 Å². The molecule has 0 radical (unpaired) electrons. The van der Waals surface area contributed by atoms with Crippen molar-refractivity contribution >= 4 is 34.0 Å². The SMILES string of the molecule is CC(=O)Nc1sc2c(c1C(=O)OCC(=O)c1ccc(F)c(F)c1)CCCC2. The van der Waals surface area contributed by atoms with Gasteiger partial charge in [0, 0.05) is 17.4 Å². The van der Waals surface area contributed by atoms with Crippen LogP contribution in [0.1, 0.15) is 50.9 Å². The topological polar surface area (TPSA) is 72.5 Å². The molecule has 27 heavy (non-hydrogen) atoms. The molecule has 0 atom stereocenters. The van der Waals surface area contributed by atoms with Crippen molar-refractivity contribution in [2.75, 3.05) is 11.9 Å². The molecule has 3 rings (SSSR count). The zero-order valence-corrected chi connectivity index (χ0v) is 15.4. The number of ketones is 1. The first-order valence-electron chi connectivity index (χ1n) is 8.44. The van der Waals surface area contributed by atoms with Crippen LogP contribution in [0.2, 0.25) is 0 Å². The van der Waals surface area contributed by atoms with Gasteiger partial charge >= 0.3 is 5.97 Å². The lowest BCUT2D eigenvalue weighted by Crippen LogP contribution is -2.17. The Balaban J connectivity index is 1.77. The minimum absolute atomic E-state index is 0.0869. The largest absolute Gasteiger partial charge is 0.454 e. The predicted molar refractivity (Wildman–Crippen MR) is 96.2 cm³/mol. The van der Waals surface area contributed by atoms with Crippen molar-refractivity contribution in [1.82, 2.24) is 0 Å².